The molecule has 9 heteroatoms. The molecule has 1 unspecified atom stereocenters. The van der Waals surface area contributed by atoms with Crippen LogP contribution in [-0.2, 0) is 4.79 Å². The fourth-order valence-electron chi connectivity index (χ4n) is 3.05. The van der Waals surface area contributed by atoms with E-state index < -0.39 is 12.6 Å². The Morgan fingerprint density at radius 3 is 2.46 bits per heavy atom. The maximum absolute atomic E-state index is 12.3. The van der Waals surface area contributed by atoms with Gasteiger partial charge in [0.25, 0.3) is 0 Å². The van der Waals surface area contributed by atoms with Crippen molar-refractivity contribution in [2.45, 2.75) is 25.0 Å². The lowest BCUT2D eigenvalue weighted by molar-refractivity contribution is -0.123. The van der Waals surface area contributed by atoms with Crippen molar-refractivity contribution in [3.05, 3.63) is 59.1 Å². The first kappa shape index (κ1) is 19.9. The van der Waals surface area contributed by atoms with E-state index in [1.54, 1.807) is 36.4 Å². The summed E-state index contributed by atoms with van der Waals surface area (Å²) in [5.74, 6) is -0.414. The molecule has 148 valence electrons. The van der Waals surface area contributed by atoms with Crippen LogP contribution in [0.1, 0.15) is 17.9 Å². The van der Waals surface area contributed by atoms with Gasteiger partial charge in [0.05, 0.1) is 6.04 Å². The van der Waals surface area contributed by atoms with Crippen LogP contribution in [0.2, 0.25) is 5.02 Å². The molecule has 28 heavy (non-hydrogen) atoms. The molecule has 0 aromatic heterocycles. The van der Waals surface area contributed by atoms with Gasteiger partial charge in [-0.05, 0) is 42.0 Å². The first-order valence-corrected chi connectivity index (χ1v) is 8.93. The molecule has 0 aliphatic carbocycles. The van der Waals surface area contributed by atoms with Crippen LogP contribution in [0.4, 0.5) is 19.3 Å². The van der Waals surface area contributed by atoms with Crippen molar-refractivity contribution in [2.75, 3.05) is 11.9 Å². The molecule has 0 radical (unpaired) electrons. The number of hydrogen-bond donors (Lipinski definition) is 3. The largest absolute Gasteiger partial charge is 0.435 e. The molecule has 3 rings (SSSR count). The third-order valence-corrected chi connectivity index (χ3v) is 4.61. The molecule has 0 spiro atoms. The number of alkyl halides is 2. The number of carbonyl (C=O) groups is 2. The minimum atomic E-state index is -2.91. The molecule has 1 aliphatic rings. The number of nitrogens with one attached hydrogen (secondary N) is 3. The average molecular weight is 410 g/mol. The second-order valence-corrected chi connectivity index (χ2v) is 6.71. The zero-order valence-corrected chi connectivity index (χ0v) is 15.4. The van der Waals surface area contributed by atoms with Gasteiger partial charge in [0.2, 0.25) is 5.91 Å². The first-order valence-electron chi connectivity index (χ1n) is 8.55. The SMILES string of the molecule is O=C1CC(c2ccc(OC(F)F)cc2)[C@H](NC(=O)Nc2ccc(Cl)cc2)CN1. The van der Waals surface area contributed by atoms with Gasteiger partial charge in [0.15, 0.2) is 0 Å². The second kappa shape index (κ2) is 8.88. The molecule has 1 heterocycles. The second-order valence-electron chi connectivity index (χ2n) is 6.27. The van der Waals surface area contributed by atoms with Crippen LogP contribution in [0.5, 0.6) is 5.75 Å². The first-order chi connectivity index (χ1) is 13.4. The van der Waals surface area contributed by atoms with Crippen molar-refractivity contribution >= 4 is 29.2 Å². The Bertz CT molecular complexity index is 831. The van der Waals surface area contributed by atoms with E-state index in [9.17, 15) is 18.4 Å². The molecule has 2 atom stereocenters. The lowest BCUT2D eigenvalue weighted by Crippen LogP contribution is -2.52. The summed E-state index contributed by atoms with van der Waals surface area (Å²) in [5.41, 5.74) is 1.32. The van der Waals surface area contributed by atoms with Gasteiger partial charge in [-0.3, -0.25) is 4.79 Å². The molecule has 1 saturated heterocycles. The number of halogens is 3. The van der Waals surface area contributed by atoms with Crippen molar-refractivity contribution in [3.8, 4) is 5.75 Å². The third kappa shape index (κ3) is 5.32. The predicted molar refractivity (Wildman–Crippen MR) is 101 cm³/mol. The van der Waals surface area contributed by atoms with Crippen LogP contribution in [0.25, 0.3) is 0 Å². The highest BCUT2D eigenvalue weighted by molar-refractivity contribution is 6.30. The van der Waals surface area contributed by atoms with Gasteiger partial charge in [0.1, 0.15) is 5.75 Å². The minimum Gasteiger partial charge on any atom is -0.435 e. The minimum absolute atomic E-state index is 0.0315. The van der Waals surface area contributed by atoms with Crippen LogP contribution in [-0.4, -0.2) is 31.1 Å². The topological polar surface area (TPSA) is 79.5 Å². The van der Waals surface area contributed by atoms with Crippen molar-refractivity contribution in [3.63, 3.8) is 0 Å². The molecule has 2 aromatic rings. The van der Waals surface area contributed by atoms with E-state index in [-0.39, 0.29) is 36.6 Å². The van der Waals surface area contributed by atoms with E-state index in [4.69, 9.17) is 11.6 Å². The lowest BCUT2D eigenvalue weighted by Gasteiger charge is -2.32. The number of amides is 3. The summed E-state index contributed by atoms with van der Waals surface area (Å²) in [5, 5.41) is 8.83. The fourth-order valence-corrected chi connectivity index (χ4v) is 3.17. The summed E-state index contributed by atoms with van der Waals surface area (Å²) in [7, 11) is 0. The Hall–Kier alpha value is -2.87. The van der Waals surface area contributed by atoms with E-state index in [1.165, 1.54) is 12.1 Å². The monoisotopic (exact) mass is 409 g/mol. The highest BCUT2D eigenvalue weighted by atomic mass is 35.5. The van der Waals surface area contributed by atoms with Gasteiger partial charge in [-0.15, -0.1) is 0 Å². The Labute approximate surface area is 165 Å². The van der Waals surface area contributed by atoms with Crippen LogP contribution in [0.15, 0.2) is 48.5 Å². The van der Waals surface area contributed by atoms with Gasteiger partial charge in [-0.2, -0.15) is 8.78 Å². The molecular formula is C19H18ClF2N3O3. The molecule has 0 saturated carbocycles. The Morgan fingerprint density at radius 2 is 1.82 bits per heavy atom. The summed E-state index contributed by atoms with van der Waals surface area (Å²) < 4.78 is 28.9. The number of carbonyl (C=O) groups excluding carboxylic acids is 2. The molecule has 6 nitrogen and oxygen atoms in total. The van der Waals surface area contributed by atoms with E-state index in [2.05, 4.69) is 20.7 Å². The molecule has 1 fully saturated rings. The maximum Gasteiger partial charge on any atom is 0.387 e. The number of piperidine rings is 1. The molecule has 3 N–H and O–H groups in total. The van der Waals surface area contributed by atoms with Crippen LogP contribution in [0.3, 0.4) is 0 Å². The summed E-state index contributed by atoms with van der Waals surface area (Å²) in [6, 6.07) is 11.9. The van der Waals surface area contributed by atoms with Gasteiger partial charge >= 0.3 is 12.6 Å². The molecular weight excluding hydrogens is 392 g/mol. The van der Waals surface area contributed by atoms with E-state index in [0.717, 1.165) is 5.56 Å². The number of hydrogen-bond acceptors (Lipinski definition) is 3. The molecule has 1 aliphatic heterocycles. The standard InChI is InChI=1S/C19H18ClF2N3O3/c20-12-3-5-13(6-4-12)24-19(27)25-16-10-23-17(26)9-15(16)11-1-7-14(8-2-11)28-18(21)22/h1-8,15-16,18H,9-10H2,(H,23,26)(H2,24,25,27)/t15?,16-/m1/s1. The van der Waals surface area contributed by atoms with Crippen LogP contribution < -0.4 is 20.7 Å². The lowest BCUT2D eigenvalue weighted by atomic mass is 9.85. The van der Waals surface area contributed by atoms with Gasteiger partial charge in [0, 0.05) is 29.6 Å². The number of ether oxygens (including phenoxy) is 1. The number of rotatable bonds is 5. The summed E-state index contributed by atoms with van der Waals surface area (Å²) in [6.45, 7) is -2.65. The molecule has 0 bridgehead atoms. The van der Waals surface area contributed by atoms with Crippen molar-refractivity contribution in [1.82, 2.24) is 10.6 Å². The zero-order chi connectivity index (χ0) is 20.1. The van der Waals surface area contributed by atoms with Crippen molar-refractivity contribution in [2.24, 2.45) is 0 Å². The Balaban J connectivity index is 1.68. The smallest absolute Gasteiger partial charge is 0.387 e. The highest BCUT2D eigenvalue weighted by Gasteiger charge is 2.31. The maximum atomic E-state index is 12.3. The summed E-state index contributed by atoms with van der Waals surface area (Å²) >= 11 is 5.82. The summed E-state index contributed by atoms with van der Waals surface area (Å²) in [4.78, 5) is 24.2. The van der Waals surface area contributed by atoms with E-state index >= 15 is 0 Å². The summed E-state index contributed by atoms with van der Waals surface area (Å²) in [6.07, 6.45) is 0.168. The fraction of sp³-hybridized carbons (Fsp3) is 0.263. The number of anilines is 1. The third-order valence-electron chi connectivity index (χ3n) is 4.36. The van der Waals surface area contributed by atoms with Gasteiger partial charge in [-0.25, -0.2) is 4.79 Å². The Morgan fingerprint density at radius 1 is 1.14 bits per heavy atom. The van der Waals surface area contributed by atoms with Crippen LogP contribution in [0, 0.1) is 0 Å². The molecule has 2 aromatic carbocycles. The predicted octanol–water partition coefficient (Wildman–Crippen LogP) is 3.74. The number of benzene rings is 2. The van der Waals surface area contributed by atoms with Gasteiger partial charge in [-0.1, -0.05) is 23.7 Å². The molecule has 3 amide bonds. The van der Waals surface area contributed by atoms with Gasteiger partial charge < -0.3 is 20.7 Å². The van der Waals surface area contributed by atoms with Crippen molar-refractivity contribution in [1.29, 1.82) is 0 Å². The number of urea groups is 1. The van der Waals surface area contributed by atoms with Crippen molar-refractivity contribution < 1.29 is 23.1 Å². The quantitative estimate of drug-likeness (QED) is 0.704. The highest BCUT2D eigenvalue weighted by Crippen LogP contribution is 2.28. The zero-order valence-electron chi connectivity index (χ0n) is 14.6. The van der Waals surface area contributed by atoms with E-state index in [1.807, 2.05) is 0 Å². The van der Waals surface area contributed by atoms with Crippen LogP contribution >= 0.6 is 11.6 Å². The normalized spacial score (nSPS) is 19.1. The average Bonchev–Trinajstić information content (AvgIpc) is 2.65. The van der Waals surface area contributed by atoms with E-state index in [0.29, 0.717) is 10.7 Å². The Kier molecular flexibility index (Phi) is 6.30.